The maximum atomic E-state index is 5.35. The lowest BCUT2D eigenvalue weighted by Gasteiger charge is -2.14. The summed E-state index contributed by atoms with van der Waals surface area (Å²) in [5, 5.41) is 2.32. The van der Waals surface area contributed by atoms with Crippen molar-refractivity contribution in [3.8, 4) is 11.5 Å². The summed E-state index contributed by atoms with van der Waals surface area (Å²) >= 11 is 0. The van der Waals surface area contributed by atoms with E-state index in [-0.39, 0.29) is 0 Å². The highest BCUT2D eigenvalue weighted by Crippen LogP contribution is 2.29. The number of ether oxygens (including phenoxy) is 2. The van der Waals surface area contributed by atoms with Gasteiger partial charge in [0.15, 0.2) is 11.5 Å². The molecule has 0 radical (unpaired) electrons. The molecule has 2 rings (SSSR count). The molecule has 0 heterocycles. The Bertz CT molecular complexity index is 540. The number of quaternary nitrogens is 1. The molecule has 106 valence electrons. The van der Waals surface area contributed by atoms with Crippen LogP contribution in [0.1, 0.15) is 24.1 Å². The zero-order valence-electron chi connectivity index (χ0n) is 12.3. The predicted molar refractivity (Wildman–Crippen MR) is 80.0 cm³/mol. The predicted octanol–water partition coefficient (Wildman–Crippen LogP) is 2.53. The van der Waals surface area contributed by atoms with E-state index in [1.165, 1.54) is 11.1 Å². The van der Waals surface area contributed by atoms with Crippen LogP contribution < -0.4 is 14.8 Å². The van der Waals surface area contributed by atoms with Crippen molar-refractivity contribution in [2.45, 2.75) is 19.5 Å². The molecule has 0 aromatic heterocycles. The fourth-order valence-corrected chi connectivity index (χ4v) is 2.20. The maximum Gasteiger partial charge on any atom is 0.161 e. The van der Waals surface area contributed by atoms with Crippen LogP contribution in [0.3, 0.4) is 0 Å². The SMILES string of the molecule is COc1ccc([C@@H](C)[NH2+]Cc2ccccc2)cc1OC. The molecule has 3 nitrogen and oxygen atoms in total. The Labute approximate surface area is 120 Å². The summed E-state index contributed by atoms with van der Waals surface area (Å²) in [5.74, 6) is 1.55. The zero-order valence-corrected chi connectivity index (χ0v) is 12.3. The minimum Gasteiger partial charge on any atom is -0.493 e. The van der Waals surface area contributed by atoms with Crippen LogP contribution in [0.15, 0.2) is 48.5 Å². The molecule has 2 aromatic carbocycles. The zero-order chi connectivity index (χ0) is 14.4. The van der Waals surface area contributed by atoms with Crippen LogP contribution in [0.5, 0.6) is 11.5 Å². The third kappa shape index (κ3) is 3.52. The Morgan fingerprint density at radius 3 is 2.30 bits per heavy atom. The first-order valence-corrected chi connectivity index (χ1v) is 6.83. The molecule has 0 aliphatic carbocycles. The third-order valence-corrected chi connectivity index (χ3v) is 3.48. The topological polar surface area (TPSA) is 35.1 Å². The highest BCUT2D eigenvalue weighted by Gasteiger charge is 2.12. The lowest BCUT2D eigenvalue weighted by Crippen LogP contribution is -2.83. The van der Waals surface area contributed by atoms with Gasteiger partial charge in [0.2, 0.25) is 0 Å². The molecular formula is C17H22NO2+. The summed E-state index contributed by atoms with van der Waals surface area (Å²) in [6, 6.07) is 17.0. The lowest BCUT2D eigenvalue weighted by molar-refractivity contribution is -0.707. The second-order valence-corrected chi connectivity index (χ2v) is 4.83. The van der Waals surface area contributed by atoms with Crippen LogP contribution in [0.4, 0.5) is 0 Å². The fourth-order valence-electron chi connectivity index (χ4n) is 2.20. The molecule has 0 aliphatic heterocycles. The monoisotopic (exact) mass is 272 g/mol. The van der Waals surface area contributed by atoms with Crippen molar-refractivity contribution < 1.29 is 14.8 Å². The molecule has 20 heavy (non-hydrogen) atoms. The van der Waals surface area contributed by atoms with Crippen LogP contribution in [0, 0.1) is 0 Å². The van der Waals surface area contributed by atoms with Gasteiger partial charge in [0.25, 0.3) is 0 Å². The molecule has 0 aliphatic rings. The number of rotatable bonds is 6. The first kappa shape index (κ1) is 14.4. The van der Waals surface area contributed by atoms with Gasteiger partial charge in [-0.2, -0.15) is 0 Å². The van der Waals surface area contributed by atoms with Gasteiger partial charge in [-0.1, -0.05) is 30.3 Å². The Balaban J connectivity index is 2.03. The average molecular weight is 272 g/mol. The Kier molecular flexibility index (Phi) is 5.02. The molecule has 0 saturated carbocycles. The van der Waals surface area contributed by atoms with Gasteiger partial charge in [-0.25, -0.2) is 0 Å². The molecule has 0 amide bonds. The molecule has 0 fully saturated rings. The van der Waals surface area contributed by atoms with Gasteiger partial charge >= 0.3 is 0 Å². The molecular weight excluding hydrogens is 250 g/mol. The van der Waals surface area contributed by atoms with Crippen molar-refractivity contribution in [2.24, 2.45) is 0 Å². The Morgan fingerprint density at radius 1 is 0.950 bits per heavy atom. The van der Waals surface area contributed by atoms with E-state index in [9.17, 15) is 0 Å². The standard InChI is InChI=1S/C17H21NO2/c1-13(18-12-14-7-5-4-6-8-14)15-9-10-16(19-2)17(11-15)20-3/h4-11,13,18H,12H2,1-3H3/p+1/t13-/m1/s1. The van der Waals surface area contributed by atoms with Gasteiger partial charge in [-0.15, -0.1) is 0 Å². The van der Waals surface area contributed by atoms with Gasteiger partial charge < -0.3 is 14.8 Å². The molecule has 2 aromatic rings. The summed E-state index contributed by atoms with van der Waals surface area (Å²) in [5.41, 5.74) is 2.57. The molecule has 3 heteroatoms. The number of benzene rings is 2. The Hall–Kier alpha value is -2.00. The quantitative estimate of drug-likeness (QED) is 0.877. The van der Waals surface area contributed by atoms with Crippen molar-refractivity contribution in [1.29, 1.82) is 0 Å². The van der Waals surface area contributed by atoms with Gasteiger partial charge in [0.05, 0.1) is 14.2 Å². The minimum absolute atomic E-state index is 0.370. The van der Waals surface area contributed by atoms with Crippen LogP contribution in [0.2, 0.25) is 0 Å². The van der Waals surface area contributed by atoms with Crippen molar-refractivity contribution in [3.05, 3.63) is 59.7 Å². The first-order chi connectivity index (χ1) is 9.74. The van der Waals surface area contributed by atoms with E-state index in [1.54, 1.807) is 14.2 Å². The van der Waals surface area contributed by atoms with Crippen molar-refractivity contribution in [3.63, 3.8) is 0 Å². The van der Waals surface area contributed by atoms with Crippen LogP contribution in [-0.4, -0.2) is 14.2 Å². The van der Waals surface area contributed by atoms with Crippen molar-refractivity contribution in [1.82, 2.24) is 0 Å². The van der Waals surface area contributed by atoms with Gasteiger partial charge in [-0.3, -0.25) is 0 Å². The highest BCUT2D eigenvalue weighted by molar-refractivity contribution is 5.43. The second-order valence-electron chi connectivity index (χ2n) is 4.83. The summed E-state index contributed by atoms with van der Waals surface area (Å²) < 4.78 is 10.6. The van der Waals surface area contributed by atoms with E-state index in [0.29, 0.717) is 6.04 Å². The molecule has 2 N–H and O–H groups in total. The summed E-state index contributed by atoms with van der Waals surface area (Å²) in [6.45, 7) is 3.17. The summed E-state index contributed by atoms with van der Waals surface area (Å²) in [4.78, 5) is 0. The average Bonchev–Trinajstić information content (AvgIpc) is 2.52. The van der Waals surface area contributed by atoms with Crippen LogP contribution in [0.25, 0.3) is 0 Å². The van der Waals surface area contributed by atoms with E-state index in [2.05, 4.69) is 42.6 Å². The summed E-state index contributed by atoms with van der Waals surface area (Å²) in [7, 11) is 3.32. The number of hydrogen-bond acceptors (Lipinski definition) is 2. The number of hydrogen-bond donors (Lipinski definition) is 1. The maximum absolute atomic E-state index is 5.35. The number of methoxy groups -OCH3 is 2. The van der Waals surface area contributed by atoms with E-state index in [0.717, 1.165) is 18.0 Å². The molecule has 0 saturated heterocycles. The first-order valence-electron chi connectivity index (χ1n) is 6.83. The lowest BCUT2D eigenvalue weighted by atomic mass is 10.1. The second kappa shape index (κ2) is 6.96. The largest absolute Gasteiger partial charge is 0.493 e. The van der Waals surface area contributed by atoms with Crippen LogP contribution in [-0.2, 0) is 6.54 Å². The molecule has 0 unspecified atom stereocenters. The normalized spacial score (nSPS) is 11.9. The van der Waals surface area contributed by atoms with Gasteiger partial charge in [0, 0.05) is 11.1 Å². The van der Waals surface area contributed by atoms with Crippen molar-refractivity contribution >= 4 is 0 Å². The minimum atomic E-state index is 0.370. The van der Waals surface area contributed by atoms with E-state index in [1.807, 2.05) is 18.2 Å². The Morgan fingerprint density at radius 2 is 1.65 bits per heavy atom. The molecule has 0 spiro atoms. The van der Waals surface area contributed by atoms with E-state index >= 15 is 0 Å². The van der Waals surface area contributed by atoms with Crippen LogP contribution >= 0.6 is 0 Å². The van der Waals surface area contributed by atoms with Gasteiger partial charge in [-0.05, 0) is 25.1 Å². The van der Waals surface area contributed by atoms with Gasteiger partial charge in [0.1, 0.15) is 12.6 Å². The van der Waals surface area contributed by atoms with Crippen molar-refractivity contribution in [2.75, 3.05) is 14.2 Å². The third-order valence-electron chi connectivity index (χ3n) is 3.48. The smallest absolute Gasteiger partial charge is 0.161 e. The molecule has 1 atom stereocenters. The highest BCUT2D eigenvalue weighted by atomic mass is 16.5. The van der Waals surface area contributed by atoms with E-state index in [4.69, 9.17) is 9.47 Å². The fraction of sp³-hybridized carbons (Fsp3) is 0.294. The number of nitrogens with two attached hydrogens (primary N) is 1. The van der Waals surface area contributed by atoms with E-state index < -0.39 is 0 Å². The molecule has 0 bridgehead atoms. The summed E-state index contributed by atoms with van der Waals surface area (Å²) in [6.07, 6.45) is 0.